The summed E-state index contributed by atoms with van der Waals surface area (Å²) in [6, 6.07) is 20.6. The van der Waals surface area contributed by atoms with Crippen molar-refractivity contribution in [3.05, 3.63) is 84.2 Å². The molecule has 0 aliphatic carbocycles. The first kappa shape index (κ1) is 20.1. The molecule has 0 spiro atoms. The van der Waals surface area contributed by atoms with E-state index in [1.807, 2.05) is 41.6 Å². The molecule has 1 saturated heterocycles. The van der Waals surface area contributed by atoms with Gasteiger partial charge in [0.2, 0.25) is 5.91 Å². The molecule has 1 aliphatic rings. The van der Waals surface area contributed by atoms with Gasteiger partial charge in [-0.25, -0.2) is 0 Å². The number of methoxy groups -OCH3 is 1. The number of piperazine rings is 1. The van der Waals surface area contributed by atoms with Crippen LogP contribution < -0.4 is 9.64 Å². The molecule has 30 heavy (non-hydrogen) atoms. The molecule has 5 nitrogen and oxygen atoms in total. The Balaban J connectivity index is 1.42. The summed E-state index contributed by atoms with van der Waals surface area (Å²) in [4.78, 5) is 17.5. The molecule has 2 aromatic carbocycles. The molecule has 3 aromatic rings. The minimum atomic E-state index is 0.0181. The third-order valence-corrected chi connectivity index (χ3v) is 5.87. The average Bonchev–Trinajstić information content (AvgIpc) is 3.33. The van der Waals surface area contributed by atoms with Crippen LogP contribution >= 0.6 is 0 Å². The maximum Gasteiger partial charge on any atom is 0.225 e. The lowest BCUT2D eigenvalue weighted by Crippen LogP contribution is -2.49. The maximum absolute atomic E-state index is 13.2. The fraction of sp³-hybridized carbons (Fsp3) is 0.320. The number of anilines is 1. The third-order valence-electron chi connectivity index (χ3n) is 5.87. The number of hydrogen-bond acceptors (Lipinski definition) is 3. The standard InChI is InChI=1S/C25H29N3O2/c1-20-8-10-21(11-9-20)24(27-12-3-4-13-27)19-25(29)28-16-14-26(15-17-28)22-6-5-7-23(18-22)30-2/h3-13,18,24H,14-17,19H2,1-2H3. The SMILES string of the molecule is COc1cccc(N2CCN(C(=O)CC(c3ccc(C)cc3)n3cccc3)CC2)c1. The van der Waals surface area contributed by atoms with Gasteiger partial charge in [0, 0.05) is 50.3 Å². The van der Waals surface area contributed by atoms with Gasteiger partial charge < -0.3 is 19.1 Å². The van der Waals surface area contributed by atoms with E-state index in [2.05, 4.69) is 52.8 Å². The molecule has 156 valence electrons. The van der Waals surface area contributed by atoms with E-state index in [0.717, 1.165) is 37.6 Å². The monoisotopic (exact) mass is 403 g/mol. The molecule has 0 N–H and O–H groups in total. The van der Waals surface area contributed by atoms with Crippen molar-refractivity contribution in [1.82, 2.24) is 9.47 Å². The fourth-order valence-electron chi connectivity index (χ4n) is 4.06. The summed E-state index contributed by atoms with van der Waals surface area (Å²) in [5, 5.41) is 0. The Morgan fingerprint density at radius 1 is 0.967 bits per heavy atom. The Morgan fingerprint density at radius 2 is 1.67 bits per heavy atom. The van der Waals surface area contributed by atoms with Gasteiger partial charge in [-0.15, -0.1) is 0 Å². The van der Waals surface area contributed by atoms with Crippen LogP contribution in [0.1, 0.15) is 23.6 Å². The van der Waals surface area contributed by atoms with Crippen LogP contribution in [0.3, 0.4) is 0 Å². The van der Waals surface area contributed by atoms with Crippen molar-refractivity contribution in [3.63, 3.8) is 0 Å². The van der Waals surface area contributed by atoms with Crippen molar-refractivity contribution in [3.8, 4) is 5.75 Å². The number of benzene rings is 2. The highest BCUT2D eigenvalue weighted by molar-refractivity contribution is 5.77. The zero-order chi connectivity index (χ0) is 20.9. The summed E-state index contributed by atoms with van der Waals surface area (Å²) < 4.78 is 7.47. The second kappa shape index (κ2) is 9.08. The van der Waals surface area contributed by atoms with Crippen LogP contribution in [-0.2, 0) is 4.79 Å². The third kappa shape index (κ3) is 4.51. The summed E-state index contributed by atoms with van der Waals surface area (Å²) in [6.07, 6.45) is 4.55. The Kier molecular flexibility index (Phi) is 6.07. The number of aryl methyl sites for hydroxylation is 1. The summed E-state index contributed by atoms with van der Waals surface area (Å²) in [5.41, 5.74) is 3.54. The molecule has 1 fully saturated rings. The van der Waals surface area contributed by atoms with Crippen molar-refractivity contribution in [2.75, 3.05) is 38.2 Å². The lowest BCUT2D eigenvalue weighted by atomic mass is 10.0. The van der Waals surface area contributed by atoms with E-state index in [4.69, 9.17) is 4.74 Å². The Bertz CT molecular complexity index is 958. The summed E-state index contributed by atoms with van der Waals surface area (Å²) >= 11 is 0. The van der Waals surface area contributed by atoms with Gasteiger partial charge in [0.1, 0.15) is 5.75 Å². The van der Waals surface area contributed by atoms with Crippen LogP contribution in [0, 0.1) is 6.92 Å². The zero-order valence-electron chi connectivity index (χ0n) is 17.7. The van der Waals surface area contributed by atoms with Crippen molar-refractivity contribution in [1.29, 1.82) is 0 Å². The first-order valence-corrected chi connectivity index (χ1v) is 10.5. The van der Waals surface area contributed by atoms with Gasteiger partial charge >= 0.3 is 0 Å². The number of nitrogens with zero attached hydrogens (tertiary/aromatic N) is 3. The Hall–Kier alpha value is -3.21. The van der Waals surface area contributed by atoms with Gasteiger partial charge in [0.25, 0.3) is 0 Å². The van der Waals surface area contributed by atoms with Crippen LogP contribution in [0.4, 0.5) is 5.69 Å². The van der Waals surface area contributed by atoms with E-state index in [-0.39, 0.29) is 11.9 Å². The molecule has 0 radical (unpaired) electrons. The molecule has 5 heteroatoms. The predicted molar refractivity (Wildman–Crippen MR) is 120 cm³/mol. The van der Waals surface area contributed by atoms with Crippen molar-refractivity contribution >= 4 is 11.6 Å². The average molecular weight is 404 g/mol. The number of carbonyl (C=O) groups is 1. The van der Waals surface area contributed by atoms with Crippen LogP contribution in [0.2, 0.25) is 0 Å². The minimum Gasteiger partial charge on any atom is -0.497 e. The second-order valence-corrected chi connectivity index (χ2v) is 7.83. The molecule has 0 saturated carbocycles. The van der Waals surface area contributed by atoms with Gasteiger partial charge in [0.05, 0.1) is 19.6 Å². The van der Waals surface area contributed by atoms with E-state index >= 15 is 0 Å². The van der Waals surface area contributed by atoms with Gasteiger partial charge in [-0.1, -0.05) is 35.9 Å². The lowest BCUT2D eigenvalue weighted by Gasteiger charge is -2.37. The van der Waals surface area contributed by atoms with Crippen LogP contribution in [0.15, 0.2) is 73.1 Å². The van der Waals surface area contributed by atoms with Gasteiger partial charge in [0.15, 0.2) is 0 Å². The molecule has 1 aromatic heterocycles. The lowest BCUT2D eigenvalue weighted by molar-refractivity contribution is -0.132. The van der Waals surface area contributed by atoms with Crippen LogP contribution in [0.25, 0.3) is 0 Å². The number of ether oxygens (including phenoxy) is 1. The van der Waals surface area contributed by atoms with Crippen LogP contribution in [-0.4, -0.2) is 48.7 Å². The Labute approximate surface area is 178 Å². The van der Waals surface area contributed by atoms with Gasteiger partial charge in [-0.3, -0.25) is 4.79 Å². The second-order valence-electron chi connectivity index (χ2n) is 7.83. The summed E-state index contributed by atoms with van der Waals surface area (Å²) in [5.74, 6) is 1.07. The van der Waals surface area contributed by atoms with E-state index in [1.54, 1.807) is 7.11 Å². The largest absolute Gasteiger partial charge is 0.497 e. The van der Waals surface area contributed by atoms with Gasteiger partial charge in [-0.05, 0) is 36.8 Å². The van der Waals surface area contributed by atoms with Crippen molar-refractivity contribution in [2.45, 2.75) is 19.4 Å². The molecule has 4 rings (SSSR count). The highest BCUT2D eigenvalue weighted by Crippen LogP contribution is 2.26. The first-order chi connectivity index (χ1) is 14.6. The molecule has 1 amide bonds. The topological polar surface area (TPSA) is 37.7 Å². The van der Waals surface area contributed by atoms with Crippen LogP contribution in [0.5, 0.6) is 5.75 Å². The molecule has 2 heterocycles. The van der Waals surface area contributed by atoms with Gasteiger partial charge in [-0.2, -0.15) is 0 Å². The summed E-state index contributed by atoms with van der Waals surface area (Å²) in [6.45, 7) is 5.22. The highest BCUT2D eigenvalue weighted by atomic mass is 16.5. The highest BCUT2D eigenvalue weighted by Gasteiger charge is 2.25. The smallest absolute Gasteiger partial charge is 0.225 e. The van der Waals surface area contributed by atoms with E-state index in [0.29, 0.717) is 6.42 Å². The van der Waals surface area contributed by atoms with E-state index < -0.39 is 0 Å². The Morgan fingerprint density at radius 3 is 2.33 bits per heavy atom. The molecule has 0 bridgehead atoms. The number of amides is 1. The first-order valence-electron chi connectivity index (χ1n) is 10.5. The number of rotatable bonds is 6. The number of carbonyl (C=O) groups excluding carboxylic acids is 1. The predicted octanol–water partition coefficient (Wildman–Crippen LogP) is 4.13. The number of hydrogen-bond donors (Lipinski definition) is 0. The summed E-state index contributed by atoms with van der Waals surface area (Å²) in [7, 11) is 1.69. The quantitative estimate of drug-likeness (QED) is 0.621. The van der Waals surface area contributed by atoms with Crippen molar-refractivity contribution in [2.24, 2.45) is 0 Å². The normalized spacial score (nSPS) is 15.1. The molecule has 1 aliphatic heterocycles. The molecular formula is C25H29N3O2. The van der Waals surface area contributed by atoms with E-state index in [1.165, 1.54) is 11.1 Å². The van der Waals surface area contributed by atoms with E-state index in [9.17, 15) is 4.79 Å². The fourth-order valence-corrected chi connectivity index (χ4v) is 4.06. The zero-order valence-corrected chi connectivity index (χ0v) is 17.7. The molecule has 1 unspecified atom stereocenters. The minimum absolute atomic E-state index is 0.0181. The number of aromatic nitrogens is 1. The molecule has 1 atom stereocenters. The maximum atomic E-state index is 13.2. The molecular weight excluding hydrogens is 374 g/mol. The van der Waals surface area contributed by atoms with Crippen molar-refractivity contribution < 1.29 is 9.53 Å².